The Hall–Kier alpha value is -3.54. The Labute approximate surface area is 186 Å². The molecule has 2 aliphatic carbocycles. The summed E-state index contributed by atoms with van der Waals surface area (Å²) in [6.07, 6.45) is 3.66. The van der Waals surface area contributed by atoms with Crippen LogP contribution in [0.5, 0.6) is 0 Å². The topological polar surface area (TPSA) is 126 Å². The summed E-state index contributed by atoms with van der Waals surface area (Å²) >= 11 is 0. The average molecular weight is 459 g/mol. The first-order chi connectivity index (χ1) is 15.8. The summed E-state index contributed by atoms with van der Waals surface area (Å²) < 4.78 is 30.1. The van der Waals surface area contributed by atoms with Gasteiger partial charge in [0.2, 0.25) is 0 Å². The van der Waals surface area contributed by atoms with E-state index in [2.05, 4.69) is 26.0 Å². The third kappa shape index (κ3) is 3.59. The average Bonchev–Trinajstić information content (AvgIpc) is 3.21. The molecular weight excluding hydrogens is 436 g/mol. The number of alkyl halides is 2. The summed E-state index contributed by atoms with van der Waals surface area (Å²) in [4.78, 5) is 30.0. The van der Waals surface area contributed by atoms with Crippen molar-refractivity contribution in [2.24, 2.45) is 0 Å². The van der Waals surface area contributed by atoms with Gasteiger partial charge >= 0.3 is 0 Å². The van der Waals surface area contributed by atoms with Gasteiger partial charge in [0.1, 0.15) is 22.9 Å². The molecule has 174 valence electrons. The van der Waals surface area contributed by atoms with Crippen molar-refractivity contribution in [1.82, 2.24) is 24.5 Å². The number of anilines is 3. The first-order valence-corrected chi connectivity index (χ1v) is 10.7. The Morgan fingerprint density at radius 1 is 1.30 bits per heavy atom. The first kappa shape index (κ1) is 21.3. The molecule has 0 saturated heterocycles. The Morgan fingerprint density at radius 2 is 2.12 bits per heavy atom. The van der Waals surface area contributed by atoms with E-state index < -0.39 is 24.0 Å². The number of nitrogens with zero attached hydrogens (tertiary/aromatic N) is 4. The summed E-state index contributed by atoms with van der Waals surface area (Å²) in [5.74, 6) is -2.88. The molecule has 2 aliphatic rings. The minimum Gasteiger partial charge on any atom is -0.391 e. The lowest BCUT2D eigenvalue weighted by Gasteiger charge is -2.36. The third-order valence-electron chi connectivity index (χ3n) is 6.35. The Bertz CT molecular complexity index is 1290. The van der Waals surface area contributed by atoms with Gasteiger partial charge in [-0.05, 0) is 31.4 Å². The van der Waals surface area contributed by atoms with Crippen LogP contribution in [-0.4, -0.2) is 55.3 Å². The zero-order chi connectivity index (χ0) is 23.3. The molecule has 3 heterocycles. The highest BCUT2D eigenvalue weighted by atomic mass is 19.3. The van der Waals surface area contributed by atoms with Gasteiger partial charge in [0.25, 0.3) is 17.4 Å². The highest BCUT2D eigenvalue weighted by Crippen LogP contribution is 2.37. The number of hydrogen-bond donors (Lipinski definition) is 4. The van der Waals surface area contributed by atoms with Gasteiger partial charge in [0.15, 0.2) is 5.65 Å². The number of carbonyl (C=O) groups is 1. The molecule has 4 N–H and O–H groups in total. The van der Waals surface area contributed by atoms with Crippen LogP contribution in [0.2, 0.25) is 0 Å². The fraction of sp³-hybridized carbons (Fsp3) is 0.429. The number of amides is 1. The number of aromatic nitrogens is 4. The van der Waals surface area contributed by atoms with Crippen LogP contribution < -0.4 is 21.5 Å². The molecule has 0 spiro atoms. The van der Waals surface area contributed by atoms with Gasteiger partial charge in [-0.1, -0.05) is 0 Å². The highest BCUT2D eigenvalue weighted by molar-refractivity contribution is 6.00. The van der Waals surface area contributed by atoms with E-state index in [1.165, 1.54) is 15.3 Å². The van der Waals surface area contributed by atoms with E-state index in [0.29, 0.717) is 18.7 Å². The molecule has 3 unspecified atom stereocenters. The van der Waals surface area contributed by atoms with Crippen molar-refractivity contribution >= 4 is 28.9 Å². The molecular formula is C21H23F2N7O3. The summed E-state index contributed by atoms with van der Waals surface area (Å²) in [6.45, 7) is 0. The van der Waals surface area contributed by atoms with Crippen molar-refractivity contribution in [1.29, 1.82) is 0 Å². The van der Waals surface area contributed by atoms with E-state index in [0.717, 1.165) is 0 Å². The van der Waals surface area contributed by atoms with Gasteiger partial charge in [-0.3, -0.25) is 9.59 Å². The fourth-order valence-electron chi connectivity index (χ4n) is 4.08. The van der Waals surface area contributed by atoms with Crippen LogP contribution in [0.15, 0.2) is 35.4 Å². The molecule has 0 aliphatic heterocycles. The Kier molecular flexibility index (Phi) is 5.04. The normalized spacial score (nSPS) is 23.5. The maximum Gasteiger partial charge on any atom is 0.274 e. The van der Waals surface area contributed by atoms with Crippen molar-refractivity contribution in [3.8, 4) is 0 Å². The number of aliphatic hydroxyl groups is 1. The lowest BCUT2D eigenvalue weighted by atomic mass is 9.88. The van der Waals surface area contributed by atoms with Gasteiger partial charge in [-0.25, -0.2) is 13.8 Å². The molecule has 0 bridgehead atoms. The minimum absolute atomic E-state index is 0.0425. The number of nitrogens with one attached hydrogen (secondary N) is 3. The smallest absolute Gasteiger partial charge is 0.274 e. The van der Waals surface area contributed by atoms with Crippen molar-refractivity contribution in [3.63, 3.8) is 0 Å². The molecule has 2 saturated carbocycles. The van der Waals surface area contributed by atoms with Crippen molar-refractivity contribution in [3.05, 3.63) is 46.5 Å². The van der Waals surface area contributed by atoms with Crippen LogP contribution >= 0.6 is 0 Å². The molecule has 0 radical (unpaired) electrons. The van der Waals surface area contributed by atoms with Crippen molar-refractivity contribution in [2.45, 2.75) is 49.8 Å². The predicted molar refractivity (Wildman–Crippen MR) is 116 cm³/mol. The summed E-state index contributed by atoms with van der Waals surface area (Å²) in [5.41, 5.74) is 0.124. The van der Waals surface area contributed by atoms with Gasteiger partial charge in [-0.2, -0.15) is 9.61 Å². The standard InChI is InChI=1S/C21H23F2N7O3/c1-24-17-9-16(26-12-3-2-8-29(20(12)33)13-4-5-14(13)31)28-18-11(10-25-30(17)18)19(32)27-15-6-7-21(15,22)23/h2-3,8-10,13-15,24,31H,4-7H2,1H3,(H,26,28)(H,27,32). The molecule has 1 amide bonds. The van der Waals surface area contributed by atoms with Crippen LogP contribution in [0.4, 0.5) is 26.1 Å². The summed E-state index contributed by atoms with van der Waals surface area (Å²) in [5, 5.41) is 22.4. The second-order valence-electron chi connectivity index (χ2n) is 8.37. The number of carbonyl (C=O) groups excluding carboxylic acids is 1. The van der Waals surface area contributed by atoms with Crippen LogP contribution in [0, 0.1) is 0 Å². The van der Waals surface area contributed by atoms with Crippen molar-refractivity contribution in [2.75, 3.05) is 17.7 Å². The lowest BCUT2D eigenvalue weighted by molar-refractivity contribution is -0.102. The monoisotopic (exact) mass is 459 g/mol. The number of hydrogen-bond acceptors (Lipinski definition) is 7. The molecule has 2 fully saturated rings. The van der Waals surface area contributed by atoms with E-state index in [1.54, 1.807) is 31.4 Å². The molecule has 5 rings (SSSR count). The summed E-state index contributed by atoms with van der Waals surface area (Å²) in [7, 11) is 1.66. The van der Waals surface area contributed by atoms with E-state index in [-0.39, 0.29) is 47.2 Å². The van der Waals surface area contributed by atoms with Crippen LogP contribution in [0.1, 0.15) is 42.1 Å². The van der Waals surface area contributed by atoms with Crippen LogP contribution in [0.3, 0.4) is 0 Å². The number of rotatable bonds is 6. The SMILES string of the molecule is CNc1cc(Nc2cccn(C3CCC3O)c2=O)nc2c(C(=O)NC3CCC3(F)F)cnn12. The zero-order valence-corrected chi connectivity index (χ0v) is 17.8. The maximum atomic E-state index is 13.6. The Balaban J connectivity index is 1.47. The number of halogens is 2. The fourth-order valence-corrected chi connectivity index (χ4v) is 4.08. The second kappa shape index (κ2) is 7.80. The predicted octanol–water partition coefficient (Wildman–Crippen LogP) is 1.90. The largest absolute Gasteiger partial charge is 0.391 e. The van der Waals surface area contributed by atoms with E-state index in [1.807, 2.05) is 0 Å². The molecule has 3 aromatic rings. The lowest BCUT2D eigenvalue weighted by Crippen LogP contribution is -2.55. The Morgan fingerprint density at radius 3 is 2.73 bits per heavy atom. The van der Waals surface area contributed by atoms with E-state index in [4.69, 9.17) is 0 Å². The van der Waals surface area contributed by atoms with Crippen LogP contribution in [-0.2, 0) is 0 Å². The highest BCUT2D eigenvalue weighted by Gasteiger charge is 2.49. The number of pyridine rings is 1. The van der Waals surface area contributed by atoms with Gasteiger partial charge in [0, 0.05) is 25.7 Å². The first-order valence-electron chi connectivity index (χ1n) is 10.7. The van der Waals surface area contributed by atoms with Gasteiger partial charge in [-0.15, -0.1) is 0 Å². The van der Waals surface area contributed by atoms with Crippen molar-refractivity contribution < 1.29 is 18.7 Å². The zero-order valence-electron chi connectivity index (χ0n) is 17.8. The summed E-state index contributed by atoms with van der Waals surface area (Å²) in [6, 6.07) is 3.42. The quantitative estimate of drug-likeness (QED) is 0.444. The molecule has 0 aromatic carbocycles. The molecule has 3 atom stereocenters. The molecule has 33 heavy (non-hydrogen) atoms. The van der Waals surface area contributed by atoms with Crippen LogP contribution in [0.25, 0.3) is 5.65 Å². The second-order valence-corrected chi connectivity index (χ2v) is 8.37. The van der Waals surface area contributed by atoms with E-state index in [9.17, 15) is 23.5 Å². The third-order valence-corrected chi connectivity index (χ3v) is 6.35. The molecule has 3 aromatic heterocycles. The molecule has 10 nitrogen and oxygen atoms in total. The van der Waals surface area contributed by atoms with Gasteiger partial charge in [0.05, 0.1) is 24.4 Å². The van der Waals surface area contributed by atoms with E-state index >= 15 is 0 Å². The minimum atomic E-state index is -2.92. The molecule has 12 heteroatoms. The number of aliphatic hydroxyl groups excluding tert-OH is 1. The number of fused-ring (bicyclic) bond motifs is 1. The maximum absolute atomic E-state index is 13.6. The van der Waals surface area contributed by atoms with Gasteiger partial charge < -0.3 is 25.6 Å².